The van der Waals surface area contributed by atoms with E-state index in [0.29, 0.717) is 36.1 Å². The highest BCUT2D eigenvalue weighted by atomic mass is 127. The summed E-state index contributed by atoms with van der Waals surface area (Å²) in [4.78, 5) is 4.48. The lowest BCUT2D eigenvalue weighted by molar-refractivity contribution is -0.0505. The van der Waals surface area contributed by atoms with E-state index in [1.165, 1.54) is 6.07 Å². The minimum atomic E-state index is -2.95. The van der Waals surface area contributed by atoms with Crippen molar-refractivity contribution in [3.63, 3.8) is 0 Å². The molecule has 7 nitrogen and oxygen atoms in total. The van der Waals surface area contributed by atoms with Crippen LogP contribution in [-0.2, 0) is 13.1 Å². The van der Waals surface area contributed by atoms with Crippen molar-refractivity contribution in [3.05, 3.63) is 47.5 Å². The molecule has 0 fully saturated rings. The third kappa shape index (κ3) is 6.25. The summed E-state index contributed by atoms with van der Waals surface area (Å²) in [7, 11) is 1.61. The number of hydrogen-bond acceptors (Lipinski definition) is 5. The number of fused-ring (bicyclic) bond motifs is 1. The molecule has 0 bridgehead atoms. The Morgan fingerprint density at radius 3 is 2.53 bits per heavy atom. The lowest BCUT2D eigenvalue weighted by Crippen LogP contribution is -2.36. The summed E-state index contributed by atoms with van der Waals surface area (Å²) in [6.45, 7) is 0.261. The largest absolute Gasteiger partial charge is 0.496 e. The summed E-state index contributed by atoms with van der Waals surface area (Å²) in [5.74, 6) is 2.14. The van der Waals surface area contributed by atoms with E-state index in [1.807, 2.05) is 31.2 Å². The van der Waals surface area contributed by atoms with Crippen LogP contribution in [0, 0.1) is 0 Å². The molecule has 0 saturated carbocycles. The number of aliphatic imine (C=N–C) groups is 1. The first-order chi connectivity index (χ1) is 14.1. The third-order valence-electron chi connectivity index (χ3n) is 4.16. The van der Waals surface area contributed by atoms with Crippen molar-refractivity contribution in [3.8, 4) is 23.0 Å². The Kier molecular flexibility index (Phi) is 9.21. The smallest absolute Gasteiger partial charge is 0.387 e. The van der Waals surface area contributed by atoms with Crippen LogP contribution in [0.2, 0.25) is 0 Å². The third-order valence-corrected chi connectivity index (χ3v) is 4.16. The second-order valence-corrected chi connectivity index (χ2v) is 6.05. The molecule has 0 unspecified atom stereocenters. The molecular formula is C20H24F2IN3O4. The summed E-state index contributed by atoms with van der Waals surface area (Å²) in [5.41, 5.74) is 1.43. The van der Waals surface area contributed by atoms with Crippen LogP contribution in [0.3, 0.4) is 0 Å². The van der Waals surface area contributed by atoms with Crippen LogP contribution in [0.25, 0.3) is 0 Å². The van der Waals surface area contributed by atoms with Crippen LogP contribution in [-0.4, -0.2) is 33.0 Å². The monoisotopic (exact) mass is 535 g/mol. The van der Waals surface area contributed by atoms with Crippen LogP contribution in [0.15, 0.2) is 41.4 Å². The maximum absolute atomic E-state index is 12.8. The fourth-order valence-electron chi connectivity index (χ4n) is 2.83. The molecule has 1 aliphatic rings. The van der Waals surface area contributed by atoms with Crippen molar-refractivity contribution in [1.29, 1.82) is 0 Å². The van der Waals surface area contributed by atoms with E-state index in [1.54, 1.807) is 13.2 Å². The summed E-state index contributed by atoms with van der Waals surface area (Å²) in [6, 6.07) is 10.6. The second-order valence-electron chi connectivity index (χ2n) is 6.05. The van der Waals surface area contributed by atoms with Gasteiger partial charge < -0.3 is 29.6 Å². The highest BCUT2D eigenvalue weighted by molar-refractivity contribution is 14.0. The molecule has 0 spiro atoms. The van der Waals surface area contributed by atoms with Gasteiger partial charge in [-0.1, -0.05) is 18.2 Å². The maximum Gasteiger partial charge on any atom is 0.387 e. The zero-order valence-electron chi connectivity index (χ0n) is 16.6. The minimum Gasteiger partial charge on any atom is -0.496 e. The molecule has 30 heavy (non-hydrogen) atoms. The highest BCUT2D eigenvalue weighted by Gasteiger charge is 2.20. The average Bonchev–Trinajstić information content (AvgIpc) is 3.17. The first kappa shape index (κ1) is 23.8. The summed E-state index contributed by atoms with van der Waals surface area (Å²) in [5, 5.41) is 6.33. The van der Waals surface area contributed by atoms with Gasteiger partial charge in [-0.2, -0.15) is 8.78 Å². The minimum absolute atomic E-state index is 0. The van der Waals surface area contributed by atoms with Crippen molar-refractivity contribution in [2.24, 2.45) is 4.99 Å². The van der Waals surface area contributed by atoms with Crippen molar-refractivity contribution in [1.82, 2.24) is 10.6 Å². The standard InChI is InChI=1S/C20H23F2N3O4.HI/c1-3-23-20(24-10-13-6-4-5-7-15(13)26-2)25-11-14-8-17-18(28-12-27-17)9-16(14)29-19(21)22;/h4-9,19H,3,10-12H2,1-2H3,(H2,23,24,25);1H. The van der Waals surface area contributed by atoms with Crippen molar-refractivity contribution >= 4 is 29.9 Å². The predicted octanol–water partition coefficient (Wildman–Crippen LogP) is 3.90. The summed E-state index contributed by atoms with van der Waals surface area (Å²) < 4.78 is 46.1. The van der Waals surface area contributed by atoms with E-state index in [-0.39, 0.29) is 43.1 Å². The number of benzene rings is 2. The Morgan fingerprint density at radius 2 is 1.83 bits per heavy atom. The molecule has 164 valence electrons. The fourth-order valence-corrected chi connectivity index (χ4v) is 2.83. The number of nitrogens with one attached hydrogen (secondary N) is 2. The van der Waals surface area contributed by atoms with Gasteiger partial charge in [0.25, 0.3) is 0 Å². The molecule has 0 radical (unpaired) electrons. The number of halogens is 3. The molecule has 1 heterocycles. The normalized spacial score (nSPS) is 12.4. The van der Waals surface area contributed by atoms with Crippen LogP contribution < -0.4 is 29.6 Å². The van der Waals surface area contributed by atoms with E-state index in [0.717, 1.165) is 11.3 Å². The zero-order valence-corrected chi connectivity index (χ0v) is 18.9. The number of ether oxygens (including phenoxy) is 4. The molecular weight excluding hydrogens is 511 g/mol. The molecule has 0 aromatic heterocycles. The SMILES string of the molecule is CCNC(=NCc1cc2c(cc1OC(F)F)OCO2)NCc1ccccc1OC.I. The van der Waals surface area contributed by atoms with Gasteiger partial charge in [-0.25, -0.2) is 4.99 Å². The van der Waals surface area contributed by atoms with Crippen LogP contribution >= 0.6 is 24.0 Å². The van der Waals surface area contributed by atoms with E-state index >= 15 is 0 Å². The van der Waals surface area contributed by atoms with Gasteiger partial charge in [0.15, 0.2) is 17.5 Å². The number of guanidine groups is 1. The van der Waals surface area contributed by atoms with Gasteiger partial charge in [0.2, 0.25) is 6.79 Å². The topological polar surface area (TPSA) is 73.3 Å². The Balaban J connectivity index is 0.00000320. The Hall–Kier alpha value is -2.50. The Labute approximate surface area is 190 Å². The quantitative estimate of drug-likeness (QED) is 0.304. The molecule has 0 amide bonds. The maximum atomic E-state index is 12.8. The first-order valence-electron chi connectivity index (χ1n) is 9.12. The van der Waals surface area contributed by atoms with E-state index in [4.69, 9.17) is 14.2 Å². The van der Waals surface area contributed by atoms with Crippen LogP contribution in [0.5, 0.6) is 23.0 Å². The van der Waals surface area contributed by atoms with Gasteiger partial charge >= 0.3 is 6.61 Å². The van der Waals surface area contributed by atoms with Gasteiger partial charge in [0.1, 0.15) is 11.5 Å². The van der Waals surface area contributed by atoms with Crippen molar-refractivity contribution in [2.75, 3.05) is 20.4 Å². The lowest BCUT2D eigenvalue weighted by Gasteiger charge is -2.14. The molecule has 3 rings (SSSR count). The lowest BCUT2D eigenvalue weighted by atomic mass is 10.1. The predicted molar refractivity (Wildman–Crippen MR) is 119 cm³/mol. The van der Waals surface area contributed by atoms with Crippen molar-refractivity contribution in [2.45, 2.75) is 26.6 Å². The number of nitrogens with zero attached hydrogens (tertiary/aromatic N) is 1. The van der Waals surface area contributed by atoms with Crippen LogP contribution in [0.4, 0.5) is 8.78 Å². The number of hydrogen-bond donors (Lipinski definition) is 2. The van der Waals surface area contributed by atoms with Gasteiger partial charge in [0, 0.05) is 30.3 Å². The molecule has 0 saturated heterocycles. The van der Waals surface area contributed by atoms with Gasteiger partial charge in [-0.3, -0.25) is 0 Å². The molecule has 1 aliphatic heterocycles. The number of methoxy groups -OCH3 is 1. The molecule has 10 heteroatoms. The van der Waals surface area contributed by atoms with Crippen molar-refractivity contribution < 1.29 is 27.7 Å². The van der Waals surface area contributed by atoms with E-state index < -0.39 is 6.61 Å². The summed E-state index contributed by atoms with van der Waals surface area (Å²) >= 11 is 0. The second kappa shape index (κ2) is 11.6. The molecule has 2 N–H and O–H groups in total. The highest BCUT2D eigenvalue weighted by Crippen LogP contribution is 2.39. The Morgan fingerprint density at radius 1 is 1.10 bits per heavy atom. The van der Waals surface area contributed by atoms with Gasteiger partial charge in [0.05, 0.1) is 13.7 Å². The molecule has 2 aromatic carbocycles. The number of alkyl halides is 2. The fraction of sp³-hybridized carbons (Fsp3) is 0.350. The van der Waals surface area contributed by atoms with E-state index in [2.05, 4.69) is 20.4 Å². The molecule has 2 aromatic rings. The van der Waals surface area contributed by atoms with Crippen LogP contribution in [0.1, 0.15) is 18.1 Å². The Bertz CT molecular complexity index is 868. The van der Waals surface area contributed by atoms with Gasteiger partial charge in [-0.15, -0.1) is 24.0 Å². The zero-order chi connectivity index (χ0) is 20.6. The average molecular weight is 535 g/mol. The van der Waals surface area contributed by atoms with Gasteiger partial charge in [-0.05, 0) is 19.1 Å². The first-order valence-corrected chi connectivity index (χ1v) is 9.12. The number of rotatable bonds is 8. The van der Waals surface area contributed by atoms with E-state index in [9.17, 15) is 8.78 Å². The number of para-hydroxylation sites is 1. The molecule has 0 aliphatic carbocycles. The molecule has 0 atom stereocenters. The summed E-state index contributed by atoms with van der Waals surface area (Å²) in [6.07, 6.45) is 0.